The molecule has 0 aliphatic carbocycles. The SMILES string of the molecule is CCCc1cc(C(=O)C(C#N)C(=O)Nc2ccc(Cl)cc2Cl)n[nH]1. The van der Waals surface area contributed by atoms with Crippen LogP contribution in [0, 0.1) is 17.2 Å². The Morgan fingerprint density at radius 1 is 1.38 bits per heavy atom. The summed E-state index contributed by atoms with van der Waals surface area (Å²) in [7, 11) is 0. The third kappa shape index (κ3) is 4.13. The number of Topliss-reactive ketones (excluding diaryl/α,β-unsaturated/α-hetero) is 1. The average molecular weight is 365 g/mol. The van der Waals surface area contributed by atoms with Crippen molar-refractivity contribution in [2.24, 2.45) is 5.92 Å². The van der Waals surface area contributed by atoms with Crippen molar-refractivity contribution in [3.05, 3.63) is 45.7 Å². The van der Waals surface area contributed by atoms with E-state index in [0.29, 0.717) is 5.02 Å². The van der Waals surface area contributed by atoms with Crippen LogP contribution in [0.1, 0.15) is 29.5 Å². The quantitative estimate of drug-likeness (QED) is 0.603. The molecule has 1 atom stereocenters. The number of benzene rings is 1. The van der Waals surface area contributed by atoms with Crippen LogP contribution < -0.4 is 5.32 Å². The number of anilines is 1. The number of halogens is 2. The van der Waals surface area contributed by atoms with Gasteiger partial charge < -0.3 is 5.32 Å². The molecular weight excluding hydrogens is 351 g/mol. The number of aryl methyl sites for hydroxylation is 1. The highest BCUT2D eigenvalue weighted by Gasteiger charge is 2.29. The maximum absolute atomic E-state index is 12.3. The number of carbonyl (C=O) groups is 2. The van der Waals surface area contributed by atoms with Crippen LogP contribution in [-0.2, 0) is 11.2 Å². The van der Waals surface area contributed by atoms with Crippen molar-refractivity contribution in [3.8, 4) is 6.07 Å². The fourth-order valence-electron chi connectivity index (χ4n) is 2.07. The van der Waals surface area contributed by atoms with Crippen LogP contribution in [0.25, 0.3) is 0 Å². The summed E-state index contributed by atoms with van der Waals surface area (Å²) < 4.78 is 0. The molecule has 0 aliphatic rings. The van der Waals surface area contributed by atoms with Crippen LogP contribution in [-0.4, -0.2) is 21.9 Å². The molecule has 0 fully saturated rings. The van der Waals surface area contributed by atoms with E-state index in [-0.39, 0.29) is 16.4 Å². The normalized spacial score (nSPS) is 11.6. The molecule has 1 heterocycles. The second-order valence-electron chi connectivity index (χ2n) is 5.07. The van der Waals surface area contributed by atoms with Gasteiger partial charge in [-0.25, -0.2) is 0 Å². The minimum atomic E-state index is -1.52. The van der Waals surface area contributed by atoms with E-state index in [4.69, 9.17) is 23.2 Å². The Bertz CT molecular complexity index is 811. The van der Waals surface area contributed by atoms with Gasteiger partial charge in [0, 0.05) is 10.7 Å². The first-order valence-corrected chi connectivity index (χ1v) is 7.96. The molecule has 0 saturated carbocycles. The Morgan fingerprint density at radius 3 is 2.75 bits per heavy atom. The molecule has 0 saturated heterocycles. The molecule has 24 heavy (non-hydrogen) atoms. The monoisotopic (exact) mass is 364 g/mol. The van der Waals surface area contributed by atoms with E-state index in [2.05, 4.69) is 15.5 Å². The molecule has 0 bridgehead atoms. The number of hydrogen-bond donors (Lipinski definition) is 2. The Morgan fingerprint density at radius 2 is 2.12 bits per heavy atom. The second kappa shape index (κ2) is 7.95. The molecule has 0 spiro atoms. The van der Waals surface area contributed by atoms with Crippen LogP contribution >= 0.6 is 23.2 Å². The third-order valence-corrected chi connectivity index (χ3v) is 3.79. The largest absolute Gasteiger partial charge is 0.323 e. The Kier molecular flexibility index (Phi) is 5.96. The topological polar surface area (TPSA) is 98.6 Å². The van der Waals surface area contributed by atoms with Crippen LogP contribution in [0.4, 0.5) is 5.69 Å². The zero-order chi connectivity index (χ0) is 17.7. The Labute approximate surface area is 148 Å². The molecule has 2 N–H and O–H groups in total. The summed E-state index contributed by atoms with van der Waals surface area (Å²) in [4.78, 5) is 24.6. The lowest BCUT2D eigenvalue weighted by molar-refractivity contribution is -0.117. The first kappa shape index (κ1) is 18.0. The first-order valence-electron chi connectivity index (χ1n) is 7.20. The van der Waals surface area contributed by atoms with Crippen molar-refractivity contribution in [3.63, 3.8) is 0 Å². The van der Waals surface area contributed by atoms with Gasteiger partial charge in [0.1, 0.15) is 5.69 Å². The number of carbonyl (C=O) groups excluding carboxylic acids is 2. The van der Waals surface area contributed by atoms with Gasteiger partial charge in [0.15, 0.2) is 5.92 Å². The van der Waals surface area contributed by atoms with E-state index in [1.807, 2.05) is 6.92 Å². The fraction of sp³-hybridized carbons (Fsp3) is 0.250. The van der Waals surface area contributed by atoms with Gasteiger partial charge in [0.25, 0.3) is 0 Å². The van der Waals surface area contributed by atoms with Crippen LogP contribution in [0.5, 0.6) is 0 Å². The van der Waals surface area contributed by atoms with Gasteiger partial charge >= 0.3 is 0 Å². The number of amides is 1. The van der Waals surface area contributed by atoms with E-state index in [0.717, 1.165) is 18.5 Å². The van der Waals surface area contributed by atoms with Gasteiger partial charge in [0.2, 0.25) is 11.7 Å². The maximum Gasteiger partial charge on any atom is 0.249 e. The smallest absolute Gasteiger partial charge is 0.249 e. The number of nitrogens with one attached hydrogen (secondary N) is 2. The molecule has 124 valence electrons. The summed E-state index contributed by atoms with van der Waals surface area (Å²) in [6.45, 7) is 1.99. The molecule has 0 radical (unpaired) electrons. The van der Waals surface area contributed by atoms with Crippen molar-refractivity contribution in [2.45, 2.75) is 19.8 Å². The predicted octanol–water partition coefficient (Wildman–Crippen LogP) is 3.63. The maximum atomic E-state index is 12.3. The van der Waals surface area contributed by atoms with Crippen molar-refractivity contribution >= 4 is 40.6 Å². The minimum absolute atomic E-state index is 0.0577. The molecule has 1 aromatic heterocycles. The van der Waals surface area contributed by atoms with Crippen molar-refractivity contribution in [2.75, 3.05) is 5.32 Å². The molecule has 6 nitrogen and oxygen atoms in total. The van der Waals surface area contributed by atoms with Crippen LogP contribution in [0.2, 0.25) is 10.0 Å². The molecule has 0 aliphatic heterocycles. The predicted molar refractivity (Wildman–Crippen MR) is 91.1 cm³/mol. The van der Waals surface area contributed by atoms with E-state index < -0.39 is 17.6 Å². The lowest BCUT2D eigenvalue weighted by Crippen LogP contribution is -2.29. The number of nitriles is 1. The standard InChI is InChI=1S/C16H14Cl2N4O2/c1-2-3-10-7-14(22-21-10)15(23)11(8-19)16(24)20-13-5-4-9(17)6-12(13)18/h4-7,11H,2-3H2,1H3,(H,20,24)(H,21,22). The third-order valence-electron chi connectivity index (χ3n) is 3.25. The van der Waals surface area contributed by atoms with Crippen molar-refractivity contribution in [1.29, 1.82) is 5.26 Å². The van der Waals surface area contributed by atoms with Crippen molar-refractivity contribution < 1.29 is 9.59 Å². The number of aromatic nitrogens is 2. The molecule has 1 amide bonds. The molecule has 1 unspecified atom stereocenters. The lowest BCUT2D eigenvalue weighted by atomic mass is 10.0. The number of ketones is 1. The molecule has 8 heteroatoms. The summed E-state index contributed by atoms with van der Waals surface area (Å²) in [5.41, 5.74) is 1.11. The fourth-order valence-corrected chi connectivity index (χ4v) is 2.52. The van der Waals surface area contributed by atoms with Gasteiger partial charge in [0.05, 0.1) is 16.8 Å². The molecule has 2 rings (SSSR count). The van der Waals surface area contributed by atoms with Crippen LogP contribution in [0.3, 0.4) is 0 Å². The second-order valence-corrected chi connectivity index (χ2v) is 5.91. The summed E-state index contributed by atoms with van der Waals surface area (Å²) in [5.74, 6) is -2.96. The Hall–Kier alpha value is -2.36. The number of rotatable bonds is 6. The average Bonchev–Trinajstić information content (AvgIpc) is 3.00. The van der Waals surface area contributed by atoms with Gasteiger partial charge in [-0.3, -0.25) is 14.7 Å². The summed E-state index contributed by atoms with van der Waals surface area (Å²) >= 11 is 11.8. The highest BCUT2D eigenvalue weighted by molar-refractivity contribution is 6.36. The molecule has 1 aromatic carbocycles. The summed E-state index contributed by atoms with van der Waals surface area (Å²) in [6.07, 6.45) is 1.61. The van der Waals surface area contributed by atoms with Gasteiger partial charge in [-0.2, -0.15) is 10.4 Å². The first-order chi connectivity index (χ1) is 11.5. The lowest BCUT2D eigenvalue weighted by Gasteiger charge is -2.10. The van der Waals surface area contributed by atoms with Crippen molar-refractivity contribution in [1.82, 2.24) is 10.2 Å². The van der Waals surface area contributed by atoms with Gasteiger partial charge in [-0.1, -0.05) is 36.5 Å². The highest BCUT2D eigenvalue weighted by atomic mass is 35.5. The van der Waals surface area contributed by atoms with Gasteiger partial charge in [-0.05, 0) is 30.7 Å². The zero-order valence-corrected chi connectivity index (χ0v) is 14.3. The van der Waals surface area contributed by atoms with Crippen LogP contribution in [0.15, 0.2) is 24.3 Å². The van der Waals surface area contributed by atoms with E-state index in [1.165, 1.54) is 18.2 Å². The minimum Gasteiger partial charge on any atom is -0.323 e. The zero-order valence-electron chi connectivity index (χ0n) is 12.8. The summed E-state index contributed by atoms with van der Waals surface area (Å²) in [5, 5.41) is 18.9. The highest BCUT2D eigenvalue weighted by Crippen LogP contribution is 2.26. The number of nitrogens with zero attached hydrogens (tertiary/aromatic N) is 2. The Balaban J connectivity index is 2.15. The van der Waals surface area contributed by atoms with E-state index in [1.54, 1.807) is 12.1 Å². The van der Waals surface area contributed by atoms with Gasteiger partial charge in [-0.15, -0.1) is 0 Å². The van der Waals surface area contributed by atoms with E-state index >= 15 is 0 Å². The number of H-pyrrole nitrogens is 1. The number of hydrogen-bond acceptors (Lipinski definition) is 4. The molecular formula is C16H14Cl2N4O2. The van der Waals surface area contributed by atoms with E-state index in [9.17, 15) is 14.9 Å². The number of aromatic amines is 1. The molecule has 2 aromatic rings. The summed E-state index contributed by atoms with van der Waals surface area (Å²) in [6, 6.07) is 7.75.